The molecule has 0 bridgehead atoms. The summed E-state index contributed by atoms with van der Waals surface area (Å²) in [5.41, 5.74) is 1.57. The number of hydrogen-bond acceptors (Lipinski definition) is 4. The summed E-state index contributed by atoms with van der Waals surface area (Å²) < 4.78 is 10.8. The molecule has 0 spiro atoms. The summed E-state index contributed by atoms with van der Waals surface area (Å²) >= 11 is 0. The molecule has 1 amide bonds. The number of rotatable bonds is 6. The van der Waals surface area contributed by atoms with Crippen LogP contribution in [0.25, 0.3) is 10.9 Å². The molecule has 6 heteroatoms. The quantitative estimate of drug-likeness (QED) is 0.734. The van der Waals surface area contributed by atoms with Gasteiger partial charge in [0, 0.05) is 11.1 Å². The van der Waals surface area contributed by atoms with Crippen LogP contribution in [0.4, 0.5) is 5.69 Å². The number of aromatic nitrogens is 2. The third-order valence-corrected chi connectivity index (χ3v) is 3.23. The SMILES string of the molecule is CCOc1ccc(OCC(=O)Nc2ccc3cn[nH]c3c2)cc1. The number of H-pyrrole nitrogens is 1. The predicted molar refractivity (Wildman–Crippen MR) is 87.8 cm³/mol. The van der Waals surface area contributed by atoms with Crippen LogP contribution >= 0.6 is 0 Å². The van der Waals surface area contributed by atoms with Crippen LogP contribution in [-0.4, -0.2) is 29.3 Å². The second kappa shape index (κ2) is 6.83. The van der Waals surface area contributed by atoms with Crippen LogP contribution in [-0.2, 0) is 4.79 Å². The fraction of sp³-hybridized carbons (Fsp3) is 0.176. The van der Waals surface area contributed by atoms with Crippen molar-refractivity contribution in [1.82, 2.24) is 10.2 Å². The number of anilines is 1. The van der Waals surface area contributed by atoms with Crippen molar-refractivity contribution in [2.45, 2.75) is 6.92 Å². The van der Waals surface area contributed by atoms with Crippen molar-refractivity contribution in [2.24, 2.45) is 0 Å². The van der Waals surface area contributed by atoms with Crippen LogP contribution in [0, 0.1) is 0 Å². The van der Waals surface area contributed by atoms with E-state index in [0.29, 0.717) is 18.0 Å². The number of nitrogens with one attached hydrogen (secondary N) is 2. The summed E-state index contributed by atoms with van der Waals surface area (Å²) in [6, 6.07) is 12.7. The van der Waals surface area contributed by atoms with Gasteiger partial charge in [0.1, 0.15) is 11.5 Å². The third kappa shape index (κ3) is 3.79. The molecule has 3 aromatic rings. The van der Waals surface area contributed by atoms with Crippen molar-refractivity contribution < 1.29 is 14.3 Å². The maximum Gasteiger partial charge on any atom is 0.262 e. The highest BCUT2D eigenvalue weighted by molar-refractivity contribution is 5.94. The van der Waals surface area contributed by atoms with E-state index < -0.39 is 0 Å². The second-order valence-electron chi connectivity index (χ2n) is 4.91. The molecule has 0 atom stereocenters. The molecule has 118 valence electrons. The normalized spacial score (nSPS) is 10.5. The highest BCUT2D eigenvalue weighted by atomic mass is 16.5. The van der Waals surface area contributed by atoms with Crippen LogP contribution in [0.1, 0.15) is 6.92 Å². The van der Waals surface area contributed by atoms with Crippen LogP contribution in [0.3, 0.4) is 0 Å². The molecule has 1 aromatic heterocycles. The van der Waals surface area contributed by atoms with Crippen molar-refractivity contribution in [3.05, 3.63) is 48.7 Å². The zero-order valence-electron chi connectivity index (χ0n) is 12.7. The molecule has 23 heavy (non-hydrogen) atoms. The maximum atomic E-state index is 11.9. The Hall–Kier alpha value is -3.02. The lowest BCUT2D eigenvalue weighted by Gasteiger charge is -2.08. The molecular formula is C17H17N3O3. The Morgan fingerprint density at radius 2 is 1.87 bits per heavy atom. The van der Waals surface area contributed by atoms with Gasteiger partial charge in [-0.15, -0.1) is 0 Å². The summed E-state index contributed by atoms with van der Waals surface area (Å²) in [6.07, 6.45) is 1.73. The van der Waals surface area contributed by atoms with Crippen LogP contribution in [0.2, 0.25) is 0 Å². The Balaban J connectivity index is 1.54. The van der Waals surface area contributed by atoms with E-state index in [1.165, 1.54) is 0 Å². The first kappa shape index (κ1) is 14.9. The third-order valence-electron chi connectivity index (χ3n) is 3.23. The van der Waals surface area contributed by atoms with Gasteiger partial charge in [0.2, 0.25) is 0 Å². The molecule has 0 aliphatic rings. The molecule has 6 nitrogen and oxygen atoms in total. The van der Waals surface area contributed by atoms with Crippen molar-refractivity contribution >= 4 is 22.5 Å². The number of carbonyl (C=O) groups is 1. The number of amides is 1. The number of carbonyl (C=O) groups excluding carboxylic acids is 1. The van der Waals surface area contributed by atoms with Crippen molar-refractivity contribution in [2.75, 3.05) is 18.5 Å². The van der Waals surface area contributed by atoms with Crippen molar-refractivity contribution in [3.63, 3.8) is 0 Å². The fourth-order valence-corrected chi connectivity index (χ4v) is 2.16. The van der Waals surface area contributed by atoms with Crippen LogP contribution in [0.5, 0.6) is 11.5 Å². The number of fused-ring (bicyclic) bond motifs is 1. The lowest BCUT2D eigenvalue weighted by Crippen LogP contribution is -2.20. The van der Waals surface area contributed by atoms with E-state index in [4.69, 9.17) is 9.47 Å². The van der Waals surface area contributed by atoms with E-state index in [1.54, 1.807) is 18.3 Å². The van der Waals surface area contributed by atoms with Crippen molar-refractivity contribution in [3.8, 4) is 11.5 Å². The first-order valence-corrected chi connectivity index (χ1v) is 7.33. The smallest absolute Gasteiger partial charge is 0.262 e. The van der Waals surface area contributed by atoms with Crippen LogP contribution in [0.15, 0.2) is 48.7 Å². The summed E-state index contributed by atoms with van der Waals surface area (Å²) in [5.74, 6) is 1.17. The van der Waals surface area contributed by atoms with Crippen molar-refractivity contribution in [1.29, 1.82) is 0 Å². The summed E-state index contributed by atoms with van der Waals surface area (Å²) in [6.45, 7) is 2.48. The van der Waals surface area contributed by atoms with Crippen LogP contribution < -0.4 is 14.8 Å². The molecular weight excluding hydrogens is 294 g/mol. The highest BCUT2D eigenvalue weighted by Gasteiger charge is 2.05. The van der Waals surface area contributed by atoms with Gasteiger partial charge >= 0.3 is 0 Å². The van der Waals surface area contributed by atoms with E-state index >= 15 is 0 Å². The number of nitrogens with zero attached hydrogens (tertiary/aromatic N) is 1. The Labute approximate surface area is 133 Å². The molecule has 0 radical (unpaired) electrons. The highest BCUT2D eigenvalue weighted by Crippen LogP contribution is 2.18. The number of benzene rings is 2. The van der Waals surface area contributed by atoms with Gasteiger partial charge in [-0.3, -0.25) is 9.89 Å². The first-order valence-electron chi connectivity index (χ1n) is 7.33. The van der Waals surface area contributed by atoms with E-state index in [0.717, 1.165) is 16.7 Å². The van der Waals surface area contributed by atoms with Gasteiger partial charge in [-0.1, -0.05) is 0 Å². The zero-order chi connectivity index (χ0) is 16.1. The van der Waals surface area contributed by atoms with Gasteiger partial charge in [-0.25, -0.2) is 0 Å². The zero-order valence-corrected chi connectivity index (χ0v) is 12.7. The van der Waals surface area contributed by atoms with Gasteiger partial charge in [0.05, 0.1) is 18.3 Å². The van der Waals surface area contributed by atoms with Gasteiger partial charge in [-0.2, -0.15) is 5.10 Å². The molecule has 0 aliphatic carbocycles. The molecule has 2 N–H and O–H groups in total. The predicted octanol–water partition coefficient (Wildman–Crippen LogP) is 2.98. The molecule has 0 fully saturated rings. The summed E-state index contributed by atoms with van der Waals surface area (Å²) in [7, 11) is 0. The maximum absolute atomic E-state index is 11.9. The minimum Gasteiger partial charge on any atom is -0.494 e. The van der Waals surface area contributed by atoms with Gasteiger partial charge < -0.3 is 14.8 Å². The molecule has 0 saturated carbocycles. The fourth-order valence-electron chi connectivity index (χ4n) is 2.16. The lowest BCUT2D eigenvalue weighted by molar-refractivity contribution is -0.118. The Morgan fingerprint density at radius 3 is 2.61 bits per heavy atom. The van der Waals surface area contributed by atoms with E-state index in [1.807, 2.05) is 37.3 Å². The van der Waals surface area contributed by atoms with Gasteiger partial charge in [0.15, 0.2) is 6.61 Å². The largest absolute Gasteiger partial charge is 0.494 e. The molecule has 0 unspecified atom stereocenters. The molecule has 1 heterocycles. The standard InChI is InChI=1S/C17H17N3O3/c1-2-22-14-5-7-15(8-6-14)23-11-17(21)19-13-4-3-12-10-18-20-16(12)9-13/h3-10H,2,11H2,1H3,(H,18,20)(H,19,21). The minimum atomic E-state index is -0.224. The average Bonchev–Trinajstić information content (AvgIpc) is 3.02. The summed E-state index contributed by atoms with van der Waals surface area (Å²) in [4.78, 5) is 11.9. The second-order valence-corrected chi connectivity index (χ2v) is 4.91. The molecule has 0 aliphatic heterocycles. The number of ether oxygens (including phenoxy) is 2. The Kier molecular flexibility index (Phi) is 4.42. The molecule has 2 aromatic carbocycles. The first-order chi connectivity index (χ1) is 11.2. The van der Waals surface area contributed by atoms with Gasteiger partial charge in [0.25, 0.3) is 5.91 Å². The average molecular weight is 311 g/mol. The van der Waals surface area contributed by atoms with Gasteiger partial charge in [-0.05, 0) is 49.4 Å². The minimum absolute atomic E-state index is 0.0605. The Bertz CT molecular complexity index is 796. The van der Waals surface area contributed by atoms with E-state index in [2.05, 4.69) is 15.5 Å². The van der Waals surface area contributed by atoms with E-state index in [9.17, 15) is 4.79 Å². The molecule has 3 rings (SSSR count). The lowest BCUT2D eigenvalue weighted by atomic mass is 10.2. The monoisotopic (exact) mass is 311 g/mol. The number of hydrogen-bond donors (Lipinski definition) is 2. The summed E-state index contributed by atoms with van der Waals surface area (Å²) in [5, 5.41) is 10.6. The van der Waals surface area contributed by atoms with E-state index in [-0.39, 0.29) is 12.5 Å². The number of aromatic amines is 1. The topological polar surface area (TPSA) is 76.2 Å². The molecule has 0 saturated heterocycles. The Morgan fingerprint density at radius 1 is 1.13 bits per heavy atom.